The van der Waals surface area contributed by atoms with Gasteiger partial charge in [0.2, 0.25) is 0 Å². The molecule has 0 bridgehead atoms. The van der Waals surface area contributed by atoms with Gasteiger partial charge in [0.25, 0.3) is 0 Å². The second-order valence-electron chi connectivity index (χ2n) is 6.91. The van der Waals surface area contributed by atoms with Gasteiger partial charge in [-0.25, -0.2) is 0 Å². The Morgan fingerprint density at radius 3 is 2.85 bits per heavy atom. The Balaban J connectivity index is 2.00. The third kappa shape index (κ3) is 2.29. The van der Waals surface area contributed by atoms with Crippen molar-refractivity contribution in [3.8, 4) is 0 Å². The lowest BCUT2D eigenvalue weighted by Gasteiger charge is -2.34. The lowest BCUT2D eigenvalue weighted by atomic mass is 9.74. The van der Waals surface area contributed by atoms with Crippen LogP contribution in [0.15, 0.2) is 18.3 Å². The second kappa shape index (κ2) is 4.48. The van der Waals surface area contributed by atoms with Crippen LogP contribution in [0.4, 0.5) is 0 Å². The quantitative estimate of drug-likeness (QED) is 0.913. The van der Waals surface area contributed by atoms with Gasteiger partial charge in [-0.2, -0.15) is 5.10 Å². The van der Waals surface area contributed by atoms with E-state index in [1.807, 2.05) is 17.9 Å². The maximum absolute atomic E-state index is 6.37. The van der Waals surface area contributed by atoms with E-state index in [0.717, 1.165) is 25.1 Å². The molecule has 1 aliphatic rings. The van der Waals surface area contributed by atoms with E-state index >= 15 is 0 Å². The zero-order valence-electron chi connectivity index (χ0n) is 12.8. The summed E-state index contributed by atoms with van der Waals surface area (Å²) in [5.41, 5.74) is 11.8. The van der Waals surface area contributed by atoms with Gasteiger partial charge in [0.1, 0.15) is 0 Å². The molecule has 20 heavy (non-hydrogen) atoms. The largest absolute Gasteiger partial charge is 0.343 e. The predicted molar refractivity (Wildman–Crippen MR) is 80.5 cm³/mol. The molecule has 0 fully saturated rings. The fourth-order valence-corrected chi connectivity index (χ4v) is 3.43. The Morgan fingerprint density at radius 1 is 1.45 bits per heavy atom. The van der Waals surface area contributed by atoms with Gasteiger partial charge in [-0.3, -0.25) is 4.68 Å². The van der Waals surface area contributed by atoms with Crippen LogP contribution in [0, 0.1) is 12.3 Å². The minimum absolute atomic E-state index is 0.164. The molecular formula is C16H24N4. The first-order chi connectivity index (χ1) is 9.35. The number of hydrogen-bond acceptors (Lipinski definition) is 2. The molecule has 0 spiro atoms. The second-order valence-corrected chi connectivity index (χ2v) is 6.91. The molecule has 0 saturated carbocycles. The zero-order valence-corrected chi connectivity index (χ0v) is 12.8. The molecule has 4 heteroatoms. The normalized spacial score (nSPS) is 20.9. The maximum atomic E-state index is 6.37. The summed E-state index contributed by atoms with van der Waals surface area (Å²) in [5.74, 6) is 0. The van der Waals surface area contributed by atoms with E-state index in [1.165, 1.54) is 17.0 Å². The Morgan fingerprint density at radius 2 is 2.20 bits per heavy atom. The fourth-order valence-electron chi connectivity index (χ4n) is 3.43. The van der Waals surface area contributed by atoms with E-state index < -0.39 is 0 Å². The summed E-state index contributed by atoms with van der Waals surface area (Å²) in [6.45, 7) is 7.62. The minimum Gasteiger partial charge on any atom is -0.343 e. The maximum Gasteiger partial charge on any atom is 0.0821 e. The van der Waals surface area contributed by atoms with E-state index in [9.17, 15) is 0 Å². The SMILES string of the molecule is Cc1cc2c(n1Cc1ccn(C)n1)CC(C)(C)CC2N. The van der Waals surface area contributed by atoms with Gasteiger partial charge in [-0.05, 0) is 42.9 Å². The van der Waals surface area contributed by atoms with Crippen LogP contribution in [0.5, 0.6) is 0 Å². The number of aryl methyl sites for hydroxylation is 2. The van der Waals surface area contributed by atoms with Crippen molar-refractivity contribution < 1.29 is 0 Å². The molecular weight excluding hydrogens is 248 g/mol. The summed E-state index contributed by atoms with van der Waals surface area (Å²) in [5, 5.41) is 4.50. The van der Waals surface area contributed by atoms with Crippen molar-refractivity contribution in [2.75, 3.05) is 0 Å². The van der Waals surface area contributed by atoms with Crippen molar-refractivity contribution in [1.29, 1.82) is 0 Å². The molecule has 108 valence electrons. The highest BCUT2D eigenvalue weighted by molar-refractivity contribution is 5.34. The molecule has 1 aliphatic carbocycles. The van der Waals surface area contributed by atoms with Crippen LogP contribution in [0.3, 0.4) is 0 Å². The summed E-state index contributed by atoms with van der Waals surface area (Å²) in [6.07, 6.45) is 4.15. The van der Waals surface area contributed by atoms with Crippen molar-refractivity contribution in [2.45, 2.75) is 46.2 Å². The van der Waals surface area contributed by atoms with Gasteiger partial charge in [0.05, 0.1) is 12.2 Å². The van der Waals surface area contributed by atoms with E-state index in [0.29, 0.717) is 0 Å². The highest BCUT2D eigenvalue weighted by Gasteiger charge is 2.33. The van der Waals surface area contributed by atoms with E-state index in [4.69, 9.17) is 5.73 Å². The average molecular weight is 272 g/mol. The first-order valence-corrected chi connectivity index (χ1v) is 7.29. The number of fused-ring (bicyclic) bond motifs is 1. The van der Waals surface area contributed by atoms with Gasteiger partial charge < -0.3 is 10.3 Å². The molecule has 4 nitrogen and oxygen atoms in total. The topological polar surface area (TPSA) is 48.8 Å². The van der Waals surface area contributed by atoms with Gasteiger partial charge in [-0.1, -0.05) is 13.8 Å². The van der Waals surface area contributed by atoms with Gasteiger partial charge >= 0.3 is 0 Å². The Bertz CT molecular complexity index is 633. The minimum atomic E-state index is 0.164. The summed E-state index contributed by atoms with van der Waals surface area (Å²) < 4.78 is 4.24. The number of hydrogen-bond donors (Lipinski definition) is 1. The first-order valence-electron chi connectivity index (χ1n) is 7.29. The standard InChI is InChI=1S/C16H24N4/c1-11-7-13-14(17)8-16(2,3)9-15(13)20(11)10-12-5-6-19(4)18-12/h5-7,14H,8-10,17H2,1-4H3. The molecule has 0 radical (unpaired) electrons. The third-order valence-corrected chi connectivity index (χ3v) is 4.36. The number of rotatable bonds is 2. The Kier molecular flexibility index (Phi) is 3.01. The predicted octanol–water partition coefficient (Wildman–Crippen LogP) is 2.55. The smallest absolute Gasteiger partial charge is 0.0821 e. The molecule has 2 N–H and O–H groups in total. The van der Waals surface area contributed by atoms with E-state index in [1.54, 1.807) is 0 Å². The molecule has 0 amide bonds. The molecule has 1 atom stereocenters. The number of nitrogens with zero attached hydrogens (tertiary/aromatic N) is 3. The molecule has 1 unspecified atom stereocenters. The zero-order chi connectivity index (χ0) is 14.5. The highest BCUT2D eigenvalue weighted by atomic mass is 15.3. The van der Waals surface area contributed by atoms with Crippen LogP contribution in [-0.4, -0.2) is 14.3 Å². The summed E-state index contributed by atoms with van der Waals surface area (Å²) in [7, 11) is 1.96. The highest BCUT2D eigenvalue weighted by Crippen LogP contribution is 2.41. The first kappa shape index (κ1) is 13.4. The molecule has 0 saturated heterocycles. The Labute approximate surface area is 120 Å². The van der Waals surface area contributed by atoms with Gasteiger partial charge in [0, 0.05) is 30.7 Å². The van der Waals surface area contributed by atoms with Crippen molar-refractivity contribution >= 4 is 0 Å². The fraction of sp³-hybridized carbons (Fsp3) is 0.562. The number of aromatic nitrogens is 3. The third-order valence-electron chi connectivity index (χ3n) is 4.36. The summed E-state index contributed by atoms with van der Waals surface area (Å²) in [4.78, 5) is 0. The van der Waals surface area contributed by atoms with Crippen LogP contribution in [0.1, 0.15) is 49.0 Å². The van der Waals surface area contributed by atoms with Crippen molar-refractivity contribution in [3.05, 3.63) is 41.0 Å². The van der Waals surface area contributed by atoms with Crippen LogP contribution < -0.4 is 5.73 Å². The monoisotopic (exact) mass is 272 g/mol. The van der Waals surface area contributed by atoms with Crippen LogP contribution in [0.25, 0.3) is 0 Å². The van der Waals surface area contributed by atoms with Crippen molar-refractivity contribution in [2.24, 2.45) is 18.2 Å². The van der Waals surface area contributed by atoms with E-state index in [-0.39, 0.29) is 11.5 Å². The Hall–Kier alpha value is -1.55. The van der Waals surface area contributed by atoms with Crippen molar-refractivity contribution in [1.82, 2.24) is 14.3 Å². The van der Waals surface area contributed by atoms with Crippen LogP contribution >= 0.6 is 0 Å². The van der Waals surface area contributed by atoms with E-state index in [2.05, 4.69) is 42.6 Å². The van der Waals surface area contributed by atoms with Crippen LogP contribution in [-0.2, 0) is 20.0 Å². The van der Waals surface area contributed by atoms with Gasteiger partial charge in [-0.15, -0.1) is 0 Å². The molecule has 2 aromatic rings. The van der Waals surface area contributed by atoms with Crippen LogP contribution in [0.2, 0.25) is 0 Å². The molecule has 2 heterocycles. The summed E-state index contributed by atoms with van der Waals surface area (Å²) in [6, 6.07) is 4.51. The molecule has 2 aromatic heterocycles. The van der Waals surface area contributed by atoms with Gasteiger partial charge in [0.15, 0.2) is 0 Å². The molecule has 3 rings (SSSR count). The molecule has 0 aromatic carbocycles. The lowest BCUT2D eigenvalue weighted by molar-refractivity contribution is 0.275. The average Bonchev–Trinajstić information content (AvgIpc) is 2.86. The number of nitrogens with two attached hydrogens (primary N) is 1. The lowest BCUT2D eigenvalue weighted by Crippen LogP contribution is -2.30. The molecule has 0 aliphatic heterocycles. The van der Waals surface area contributed by atoms with Crippen molar-refractivity contribution in [3.63, 3.8) is 0 Å². The summed E-state index contributed by atoms with van der Waals surface area (Å²) >= 11 is 0.